The molecule has 15 heavy (non-hydrogen) atoms. The highest BCUT2D eigenvalue weighted by molar-refractivity contribution is 5.90. The number of hydrogen-bond donors (Lipinski definition) is 3. The Balaban J connectivity index is 2.59. The van der Waals surface area contributed by atoms with Gasteiger partial charge in [-0.25, -0.2) is 4.79 Å². The summed E-state index contributed by atoms with van der Waals surface area (Å²) in [5.74, 6) is 0.577. The summed E-state index contributed by atoms with van der Waals surface area (Å²) in [6.45, 7) is 5.38. The summed E-state index contributed by atoms with van der Waals surface area (Å²) in [5, 5.41) is 8.94. The average molecular weight is 212 g/mol. The number of nitrogens with one attached hydrogen (secondary N) is 2. The van der Waals surface area contributed by atoms with E-state index < -0.39 is 0 Å². The minimum Gasteiger partial charge on any atom is -0.359 e. The first-order valence-electron chi connectivity index (χ1n) is 4.80. The monoisotopic (exact) mass is 212 g/mol. The third kappa shape index (κ3) is 2.95. The number of anilines is 1. The van der Waals surface area contributed by atoms with Crippen LogP contribution in [-0.4, -0.2) is 17.4 Å². The molecule has 1 rings (SSSR count). The van der Waals surface area contributed by atoms with Crippen molar-refractivity contribution in [3.63, 3.8) is 0 Å². The molecule has 6 heteroatoms. The Bertz CT molecular complexity index is 328. The smallest absolute Gasteiger partial charge is 0.320 e. The summed E-state index contributed by atoms with van der Waals surface area (Å²) in [5.41, 5.74) is 6.81. The van der Waals surface area contributed by atoms with E-state index in [1.807, 2.05) is 6.92 Å². The summed E-state index contributed by atoms with van der Waals surface area (Å²) in [6, 6.07) is -0.348. The minimum atomic E-state index is -0.348. The lowest BCUT2D eigenvalue weighted by Gasteiger charge is -2.11. The molecule has 0 aromatic carbocycles. The molecule has 0 radical (unpaired) electrons. The zero-order valence-corrected chi connectivity index (χ0v) is 9.13. The molecule has 0 bridgehead atoms. The second-order valence-corrected chi connectivity index (χ2v) is 3.31. The molecule has 0 saturated carbocycles. The molecule has 0 fully saturated rings. The summed E-state index contributed by atoms with van der Waals surface area (Å²) in [7, 11) is 0. The van der Waals surface area contributed by atoms with Crippen LogP contribution in [0.2, 0.25) is 0 Å². The van der Waals surface area contributed by atoms with Gasteiger partial charge in [-0.05, 0) is 20.3 Å². The number of aromatic nitrogens is 1. The van der Waals surface area contributed by atoms with Gasteiger partial charge >= 0.3 is 6.03 Å². The standard InChI is InChI=1S/C9H16N4O2/c1-4-7(10)11-9(14)12-8-5(2)13-15-6(8)3/h7H,4,10H2,1-3H3,(H2,11,12,14). The van der Waals surface area contributed by atoms with Gasteiger partial charge in [0.15, 0.2) is 5.76 Å². The van der Waals surface area contributed by atoms with Crippen molar-refractivity contribution >= 4 is 11.7 Å². The number of carbonyl (C=O) groups is 1. The molecule has 0 spiro atoms. The lowest BCUT2D eigenvalue weighted by atomic mass is 10.3. The van der Waals surface area contributed by atoms with E-state index in [9.17, 15) is 4.79 Å². The van der Waals surface area contributed by atoms with Crippen molar-refractivity contribution in [3.05, 3.63) is 11.5 Å². The van der Waals surface area contributed by atoms with Crippen molar-refractivity contribution in [2.24, 2.45) is 5.73 Å². The number of amides is 2. The number of carbonyl (C=O) groups excluding carboxylic acids is 1. The van der Waals surface area contributed by atoms with Crippen LogP contribution in [0.5, 0.6) is 0 Å². The van der Waals surface area contributed by atoms with Crippen LogP contribution < -0.4 is 16.4 Å². The average Bonchev–Trinajstić information content (AvgIpc) is 2.49. The quantitative estimate of drug-likeness (QED) is 0.654. The fraction of sp³-hybridized carbons (Fsp3) is 0.556. The number of nitrogens with zero attached hydrogens (tertiary/aromatic N) is 1. The number of aryl methyl sites for hydroxylation is 2. The predicted molar refractivity (Wildman–Crippen MR) is 56.4 cm³/mol. The zero-order chi connectivity index (χ0) is 11.4. The first-order chi connectivity index (χ1) is 7.04. The molecule has 0 aliphatic heterocycles. The highest BCUT2D eigenvalue weighted by atomic mass is 16.5. The molecular formula is C9H16N4O2. The molecule has 0 aliphatic carbocycles. The maximum atomic E-state index is 11.4. The van der Waals surface area contributed by atoms with Crippen molar-refractivity contribution in [2.75, 3.05) is 5.32 Å². The van der Waals surface area contributed by atoms with Crippen molar-refractivity contribution in [2.45, 2.75) is 33.4 Å². The van der Waals surface area contributed by atoms with E-state index in [1.54, 1.807) is 13.8 Å². The van der Waals surface area contributed by atoms with E-state index in [-0.39, 0.29) is 12.2 Å². The zero-order valence-electron chi connectivity index (χ0n) is 9.13. The fourth-order valence-corrected chi connectivity index (χ4v) is 1.08. The van der Waals surface area contributed by atoms with Crippen molar-refractivity contribution in [3.8, 4) is 0 Å². The van der Waals surface area contributed by atoms with Crippen LogP contribution in [0, 0.1) is 13.8 Å². The van der Waals surface area contributed by atoms with E-state index >= 15 is 0 Å². The molecule has 1 unspecified atom stereocenters. The molecule has 0 saturated heterocycles. The summed E-state index contributed by atoms with van der Waals surface area (Å²) in [4.78, 5) is 11.4. The molecule has 1 aromatic heterocycles. The van der Waals surface area contributed by atoms with Crippen LogP contribution in [0.25, 0.3) is 0 Å². The van der Waals surface area contributed by atoms with Gasteiger partial charge in [0.05, 0.1) is 6.17 Å². The predicted octanol–water partition coefficient (Wildman–Crippen LogP) is 1.11. The maximum absolute atomic E-state index is 11.4. The van der Waals surface area contributed by atoms with E-state index in [0.717, 1.165) is 0 Å². The number of rotatable bonds is 3. The van der Waals surface area contributed by atoms with Gasteiger partial charge in [-0.1, -0.05) is 12.1 Å². The number of nitrogens with two attached hydrogens (primary N) is 1. The molecule has 4 N–H and O–H groups in total. The Morgan fingerprint density at radius 1 is 1.60 bits per heavy atom. The Morgan fingerprint density at radius 2 is 2.27 bits per heavy atom. The van der Waals surface area contributed by atoms with Crippen molar-refractivity contribution < 1.29 is 9.32 Å². The minimum absolute atomic E-state index is 0.342. The van der Waals surface area contributed by atoms with Gasteiger partial charge in [0.2, 0.25) is 0 Å². The Hall–Kier alpha value is -1.56. The lowest BCUT2D eigenvalue weighted by molar-refractivity contribution is 0.248. The van der Waals surface area contributed by atoms with Gasteiger partial charge in [0.25, 0.3) is 0 Å². The third-order valence-corrected chi connectivity index (χ3v) is 2.03. The van der Waals surface area contributed by atoms with Crippen LogP contribution in [0.3, 0.4) is 0 Å². The topological polar surface area (TPSA) is 93.2 Å². The molecule has 1 aromatic rings. The molecule has 6 nitrogen and oxygen atoms in total. The van der Waals surface area contributed by atoms with Gasteiger partial charge in [0.1, 0.15) is 11.4 Å². The Morgan fingerprint density at radius 3 is 2.73 bits per heavy atom. The molecule has 0 aliphatic rings. The van der Waals surface area contributed by atoms with Crippen LogP contribution in [0.4, 0.5) is 10.5 Å². The molecule has 1 atom stereocenters. The molecule has 84 valence electrons. The van der Waals surface area contributed by atoms with Gasteiger partial charge < -0.3 is 20.9 Å². The summed E-state index contributed by atoms with van der Waals surface area (Å²) in [6.07, 6.45) is 0.333. The largest absolute Gasteiger partial charge is 0.359 e. The fourth-order valence-electron chi connectivity index (χ4n) is 1.08. The van der Waals surface area contributed by atoms with Gasteiger partial charge in [-0.15, -0.1) is 0 Å². The van der Waals surface area contributed by atoms with E-state index in [0.29, 0.717) is 23.6 Å². The maximum Gasteiger partial charge on any atom is 0.320 e. The van der Waals surface area contributed by atoms with Crippen LogP contribution >= 0.6 is 0 Å². The summed E-state index contributed by atoms with van der Waals surface area (Å²) >= 11 is 0. The Kier molecular flexibility index (Phi) is 3.68. The van der Waals surface area contributed by atoms with E-state index in [4.69, 9.17) is 10.3 Å². The highest BCUT2D eigenvalue weighted by Crippen LogP contribution is 2.18. The van der Waals surface area contributed by atoms with Crippen LogP contribution in [0.1, 0.15) is 24.8 Å². The second-order valence-electron chi connectivity index (χ2n) is 3.31. The van der Waals surface area contributed by atoms with Crippen LogP contribution in [-0.2, 0) is 0 Å². The van der Waals surface area contributed by atoms with Gasteiger partial charge in [-0.3, -0.25) is 0 Å². The SMILES string of the molecule is CCC(N)NC(=O)Nc1c(C)noc1C. The normalized spacial score (nSPS) is 12.3. The van der Waals surface area contributed by atoms with E-state index in [2.05, 4.69) is 15.8 Å². The first kappa shape index (κ1) is 11.5. The lowest BCUT2D eigenvalue weighted by Crippen LogP contribution is -2.43. The number of hydrogen-bond acceptors (Lipinski definition) is 4. The van der Waals surface area contributed by atoms with Crippen molar-refractivity contribution in [1.82, 2.24) is 10.5 Å². The van der Waals surface area contributed by atoms with E-state index in [1.165, 1.54) is 0 Å². The third-order valence-electron chi connectivity index (χ3n) is 2.03. The van der Waals surface area contributed by atoms with Crippen LogP contribution in [0.15, 0.2) is 4.52 Å². The first-order valence-corrected chi connectivity index (χ1v) is 4.80. The molecule has 1 heterocycles. The molecule has 2 amide bonds. The highest BCUT2D eigenvalue weighted by Gasteiger charge is 2.12. The second kappa shape index (κ2) is 4.79. The number of urea groups is 1. The molecular weight excluding hydrogens is 196 g/mol. The summed E-state index contributed by atoms with van der Waals surface area (Å²) < 4.78 is 4.90. The van der Waals surface area contributed by atoms with Gasteiger partial charge in [0, 0.05) is 0 Å². The van der Waals surface area contributed by atoms with Gasteiger partial charge in [-0.2, -0.15) is 0 Å². The van der Waals surface area contributed by atoms with Crippen molar-refractivity contribution in [1.29, 1.82) is 0 Å². The Labute approximate surface area is 88.2 Å².